The minimum atomic E-state index is 0.0113. The number of urea groups is 1. The number of fused-ring (bicyclic) bond motifs is 1. The Hall–Kier alpha value is -2.41. The predicted octanol–water partition coefficient (Wildman–Crippen LogP) is 2.59. The Balaban J connectivity index is 1.33. The Labute approximate surface area is 166 Å². The standard InChI is InChI=1S/C21H30N6O/c1-16(2)25-10-6-7-17(14-25)13-22-21(28)26-11-12-27-19(15-26)23-24-20(27)18-8-4-3-5-9-18/h3-5,8-9,16-17H,6-7,10-15H2,1-2H3,(H,22,28). The Kier molecular flexibility index (Phi) is 5.62. The summed E-state index contributed by atoms with van der Waals surface area (Å²) in [4.78, 5) is 17.0. The Bertz CT molecular complexity index is 802. The second-order valence-corrected chi connectivity index (χ2v) is 8.16. The molecule has 1 unspecified atom stereocenters. The summed E-state index contributed by atoms with van der Waals surface area (Å²) in [5, 5.41) is 11.8. The number of amides is 2. The Morgan fingerprint density at radius 2 is 2.00 bits per heavy atom. The van der Waals surface area contributed by atoms with E-state index >= 15 is 0 Å². The van der Waals surface area contributed by atoms with Crippen LogP contribution in [0.1, 0.15) is 32.5 Å². The topological polar surface area (TPSA) is 66.3 Å². The number of nitrogens with one attached hydrogen (secondary N) is 1. The zero-order chi connectivity index (χ0) is 19.5. The highest BCUT2D eigenvalue weighted by atomic mass is 16.2. The Morgan fingerprint density at radius 1 is 1.18 bits per heavy atom. The van der Waals surface area contributed by atoms with Gasteiger partial charge < -0.3 is 19.7 Å². The molecular formula is C21H30N6O. The molecule has 1 fully saturated rings. The molecule has 2 aliphatic heterocycles. The molecule has 2 amide bonds. The molecule has 0 spiro atoms. The summed E-state index contributed by atoms with van der Waals surface area (Å²) in [5.74, 6) is 2.27. The monoisotopic (exact) mass is 382 g/mol. The van der Waals surface area contributed by atoms with E-state index in [1.165, 1.54) is 19.4 Å². The highest BCUT2D eigenvalue weighted by Crippen LogP contribution is 2.22. The summed E-state index contributed by atoms with van der Waals surface area (Å²) < 4.78 is 2.13. The third-order valence-corrected chi connectivity index (χ3v) is 5.90. The number of piperidine rings is 1. The normalized spacial score (nSPS) is 20.2. The van der Waals surface area contributed by atoms with E-state index in [0.29, 0.717) is 25.0 Å². The van der Waals surface area contributed by atoms with E-state index in [2.05, 4.69) is 38.8 Å². The average Bonchev–Trinajstić information content (AvgIpc) is 3.16. The average molecular weight is 383 g/mol. The second-order valence-electron chi connectivity index (χ2n) is 8.16. The second kappa shape index (κ2) is 8.31. The minimum Gasteiger partial charge on any atom is -0.338 e. The molecule has 7 heteroatoms. The SMILES string of the molecule is CC(C)N1CCCC(CNC(=O)N2CCn3c(nnc3-c3ccccc3)C2)C1. The molecule has 7 nitrogen and oxygen atoms in total. The molecule has 1 aromatic carbocycles. The van der Waals surface area contributed by atoms with Crippen LogP contribution in [0.5, 0.6) is 0 Å². The molecule has 0 aliphatic carbocycles. The Morgan fingerprint density at radius 3 is 2.79 bits per heavy atom. The number of benzene rings is 1. The van der Waals surface area contributed by atoms with Gasteiger partial charge in [-0.3, -0.25) is 0 Å². The van der Waals surface area contributed by atoms with Crippen molar-refractivity contribution in [1.29, 1.82) is 0 Å². The van der Waals surface area contributed by atoms with Crippen molar-refractivity contribution >= 4 is 6.03 Å². The maximum Gasteiger partial charge on any atom is 0.317 e. The molecule has 28 heavy (non-hydrogen) atoms. The quantitative estimate of drug-likeness (QED) is 0.883. The van der Waals surface area contributed by atoms with Crippen molar-refractivity contribution in [3.63, 3.8) is 0 Å². The number of nitrogens with zero attached hydrogens (tertiary/aromatic N) is 5. The van der Waals surface area contributed by atoms with Crippen LogP contribution in [0.2, 0.25) is 0 Å². The molecule has 1 atom stereocenters. The van der Waals surface area contributed by atoms with Crippen molar-refractivity contribution in [3.05, 3.63) is 36.2 Å². The first-order chi connectivity index (χ1) is 13.6. The number of likely N-dealkylation sites (tertiary alicyclic amines) is 1. The first kappa shape index (κ1) is 18.9. The zero-order valence-corrected chi connectivity index (χ0v) is 16.8. The van der Waals surface area contributed by atoms with E-state index < -0.39 is 0 Å². The number of carbonyl (C=O) groups is 1. The summed E-state index contributed by atoms with van der Waals surface area (Å²) in [6, 6.07) is 10.7. The molecule has 0 bridgehead atoms. The number of aromatic nitrogens is 3. The predicted molar refractivity (Wildman–Crippen MR) is 109 cm³/mol. The molecule has 1 aromatic heterocycles. The van der Waals surface area contributed by atoms with Crippen LogP contribution in [0.4, 0.5) is 4.79 Å². The molecule has 2 aliphatic rings. The summed E-state index contributed by atoms with van der Waals surface area (Å²) in [6.45, 7) is 9.41. The van der Waals surface area contributed by atoms with Crippen molar-refractivity contribution in [1.82, 2.24) is 29.9 Å². The van der Waals surface area contributed by atoms with Gasteiger partial charge in [0.25, 0.3) is 0 Å². The van der Waals surface area contributed by atoms with Gasteiger partial charge in [-0.15, -0.1) is 10.2 Å². The lowest BCUT2D eigenvalue weighted by Crippen LogP contribution is -2.48. The van der Waals surface area contributed by atoms with Crippen molar-refractivity contribution in [3.8, 4) is 11.4 Å². The van der Waals surface area contributed by atoms with Crippen LogP contribution in [0.3, 0.4) is 0 Å². The van der Waals surface area contributed by atoms with Gasteiger partial charge in [-0.1, -0.05) is 30.3 Å². The summed E-state index contributed by atoms with van der Waals surface area (Å²) in [6.07, 6.45) is 2.41. The summed E-state index contributed by atoms with van der Waals surface area (Å²) in [7, 11) is 0. The van der Waals surface area contributed by atoms with Crippen molar-refractivity contribution in [2.75, 3.05) is 26.2 Å². The highest BCUT2D eigenvalue weighted by Gasteiger charge is 2.26. The van der Waals surface area contributed by atoms with E-state index in [1.807, 2.05) is 35.2 Å². The van der Waals surface area contributed by atoms with Crippen LogP contribution < -0.4 is 5.32 Å². The molecular weight excluding hydrogens is 352 g/mol. The number of hydrogen-bond donors (Lipinski definition) is 1. The number of rotatable bonds is 4. The van der Waals surface area contributed by atoms with E-state index in [1.54, 1.807) is 0 Å². The van der Waals surface area contributed by atoms with Crippen LogP contribution in [-0.4, -0.2) is 62.8 Å². The molecule has 2 aromatic rings. The third kappa shape index (κ3) is 4.04. The molecule has 0 saturated carbocycles. The molecule has 4 rings (SSSR count). The number of hydrogen-bond acceptors (Lipinski definition) is 4. The first-order valence-corrected chi connectivity index (χ1v) is 10.4. The van der Waals surface area contributed by atoms with Crippen LogP contribution >= 0.6 is 0 Å². The van der Waals surface area contributed by atoms with E-state index in [9.17, 15) is 4.79 Å². The highest BCUT2D eigenvalue weighted by molar-refractivity contribution is 5.74. The van der Waals surface area contributed by atoms with Crippen LogP contribution in [-0.2, 0) is 13.1 Å². The van der Waals surface area contributed by atoms with E-state index in [4.69, 9.17) is 0 Å². The minimum absolute atomic E-state index is 0.0113. The lowest BCUT2D eigenvalue weighted by atomic mass is 9.97. The van der Waals surface area contributed by atoms with Crippen molar-refractivity contribution in [2.24, 2.45) is 5.92 Å². The molecule has 3 heterocycles. The maximum atomic E-state index is 12.7. The van der Waals surface area contributed by atoms with Crippen LogP contribution in [0.15, 0.2) is 30.3 Å². The van der Waals surface area contributed by atoms with Gasteiger partial charge in [-0.05, 0) is 39.2 Å². The van der Waals surface area contributed by atoms with Crippen LogP contribution in [0.25, 0.3) is 11.4 Å². The van der Waals surface area contributed by atoms with Gasteiger partial charge in [0.15, 0.2) is 11.6 Å². The first-order valence-electron chi connectivity index (χ1n) is 10.4. The summed E-state index contributed by atoms with van der Waals surface area (Å²) >= 11 is 0. The third-order valence-electron chi connectivity index (χ3n) is 5.90. The fraction of sp³-hybridized carbons (Fsp3) is 0.571. The molecule has 150 valence electrons. The van der Waals surface area contributed by atoms with Gasteiger partial charge in [0.2, 0.25) is 0 Å². The molecule has 1 saturated heterocycles. The van der Waals surface area contributed by atoms with Gasteiger partial charge in [-0.2, -0.15) is 0 Å². The molecule has 0 radical (unpaired) electrons. The van der Waals surface area contributed by atoms with E-state index in [-0.39, 0.29) is 6.03 Å². The maximum absolute atomic E-state index is 12.7. The van der Waals surface area contributed by atoms with Gasteiger partial charge in [0, 0.05) is 37.8 Å². The lowest BCUT2D eigenvalue weighted by Gasteiger charge is -2.36. The van der Waals surface area contributed by atoms with Gasteiger partial charge >= 0.3 is 6.03 Å². The summed E-state index contributed by atoms with van der Waals surface area (Å²) in [5.41, 5.74) is 1.06. The van der Waals surface area contributed by atoms with Crippen molar-refractivity contribution in [2.45, 2.75) is 45.8 Å². The lowest BCUT2D eigenvalue weighted by molar-refractivity contribution is 0.135. The van der Waals surface area contributed by atoms with Gasteiger partial charge in [0.05, 0.1) is 6.54 Å². The zero-order valence-electron chi connectivity index (χ0n) is 16.8. The van der Waals surface area contributed by atoms with E-state index in [0.717, 1.165) is 36.8 Å². The largest absolute Gasteiger partial charge is 0.338 e. The fourth-order valence-electron chi connectivity index (χ4n) is 4.21. The number of carbonyl (C=O) groups excluding carboxylic acids is 1. The van der Waals surface area contributed by atoms with Gasteiger partial charge in [-0.25, -0.2) is 4.79 Å². The smallest absolute Gasteiger partial charge is 0.317 e. The van der Waals surface area contributed by atoms with Gasteiger partial charge in [0.1, 0.15) is 0 Å². The van der Waals surface area contributed by atoms with Crippen LogP contribution in [0, 0.1) is 5.92 Å². The molecule has 1 N–H and O–H groups in total. The van der Waals surface area contributed by atoms with Crippen molar-refractivity contribution < 1.29 is 4.79 Å². The fourth-order valence-corrected chi connectivity index (χ4v) is 4.21.